The Balaban J connectivity index is 2.16. The second-order valence-electron chi connectivity index (χ2n) is 3.79. The van der Waals surface area contributed by atoms with Gasteiger partial charge in [0.2, 0.25) is 0 Å². The Kier molecular flexibility index (Phi) is 3.02. The zero-order valence-electron chi connectivity index (χ0n) is 9.21. The molecule has 3 heteroatoms. The van der Waals surface area contributed by atoms with E-state index in [1.807, 2.05) is 19.2 Å². The average molecular weight is 204 g/mol. The van der Waals surface area contributed by atoms with Crippen molar-refractivity contribution in [2.45, 2.75) is 19.8 Å². The number of rotatable bonds is 4. The molecule has 0 saturated carbocycles. The van der Waals surface area contributed by atoms with E-state index in [1.54, 1.807) is 0 Å². The van der Waals surface area contributed by atoms with Gasteiger partial charge in [-0.3, -0.25) is 0 Å². The summed E-state index contributed by atoms with van der Waals surface area (Å²) in [6.45, 7) is 3.06. The molecule has 0 aliphatic heterocycles. The smallest absolute Gasteiger partial charge is 0.195 e. The highest BCUT2D eigenvalue weighted by atomic mass is 16.3. The van der Waals surface area contributed by atoms with Gasteiger partial charge in [0.05, 0.1) is 0 Å². The molecule has 80 valence electrons. The third kappa shape index (κ3) is 2.36. The highest BCUT2D eigenvalue weighted by molar-refractivity contribution is 5.73. The summed E-state index contributed by atoms with van der Waals surface area (Å²) in [7, 11) is 1.95. The van der Waals surface area contributed by atoms with Crippen LogP contribution >= 0.6 is 0 Å². The maximum atomic E-state index is 5.66. The lowest BCUT2D eigenvalue weighted by molar-refractivity contribution is 0.515. The molecule has 1 N–H and O–H groups in total. The molecule has 15 heavy (non-hydrogen) atoms. The molecule has 1 heterocycles. The third-order valence-electron chi connectivity index (χ3n) is 2.41. The summed E-state index contributed by atoms with van der Waals surface area (Å²) in [4.78, 5) is 4.43. The molecule has 0 bridgehead atoms. The van der Waals surface area contributed by atoms with E-state index >= 15 is 0 Å². The molecule has 0 saturated heterocycles. The molecule has 0 aliphatic rings. The first-order chi connectivity index (χ1) is 7.29. The number of aryl methyl sites for hydroxylation is 2. The van der Waals surface area contributed by atoms with E-state index in [4.69, 9.17) is 4.42 Å². The Labute approximate surface area is 89.5 Å². The van der Waals surface area contributed by atoms with Gasteiger partial charge in [0.1, 0.15) is 5.52 Å². The van der Waals surface area contributed by atoms with Crippen LogP contribution in [0.2, 0.25) is 0 Å². The molecule has 0 radical (unpaired) electrons. The first kappa shape index (κ1) is 10.2. The van der Waals surface area contributed by atoms with Crippen molar-refractivity contribution in [2.75, 3.05) is 13.6 Å². The summed E-state index contributed by atoms with van der Waals surface area (Å²) < 4.78 is 5.66. The number of nitrogens with one attached hydrogen (secondary N) is 1. The number of benzene rings is 1. The largest absolute Gasteiger partial charge is 0.441 e. The fourth-order valence-electron chi connectivity index (χ4n) is 1.60. The van der Waals surface area contributed by atoms with Crippen LogP contribution in [0.4, 0.5) is 0 Å². The van der Waals surface area contributed by atoms with Gasteiger partial charge in [-0.15, -0.1) is 0 Å². The van der Waals surface area contributed by atoms with Gasteiger partial charge >= 0.3 is 0 Å². The Bertz CT molecular complexity index is 448. The summed E-state index contributed by atoms with van der Waals surface area (Å²) in [5, 5.41) is 3.11. The predicted molar refractivity (Wildman–Crippen MR) is 61.0 cm³/mol. The summed E-state index contributed by atoms with van der Waals surface area (Å²) in [6.07, 6.45) is 1.96. The van der Waals surface area contributed by atoms with Gasteiger partial charge in [-0.1, -0.05) is 6.07 Å². The van der Waals surface area contributed by atoms with Crippen LogP contribution in [0.25, 0.3) is 11.1 Å². The lowest BCUT2D eigenvalue weighted by Gasteiger charge is -1.94. The maximum absolute atomic E-state index is 5.66. The van der Waals surface area contributed by atoms with Gasteiger partial charge in [-0.25, -0.2) is 4.98 Å². The highest BCUT2D eigenvalue weighted by Gasteiger charge is 2.04. The molecule has 0 aliphatic carbocycles. The van der Waals surface area contributed by atoms with Crippen molar-refractivity contribution < 1.29 is 4.42 Å². The molecule has 2 rings (SSSR count). The first-order valence-electron chi connectivity index (χ1n) is 5.30. The SMILES string of the molecule is CNCCCc1nc2ccc(C)cc2o1. The Morgan fingerprint density at radius 1 is 1.40 bits per heavy atom. The van der Waals surface area contributed by atoms with Gasteiger partial charge in [-0.2, -0.15) is 0 Å². The predicted octanol–water partition coefficient (Wildman–Crippen LogP) is 2.29. The van der Waals surface area contributed by atoms with E-state index in [1.165, 1.54) is 5.56 Å². The second kappa shape index (κ2) is 4.45. The molecular formula is C12H16N2O. The number of hydrogen-bond acceptors (Lipinski definition) is 3. The van der Waals surface area contributed by atoms with E-state index in [0.717, 1.165) is 36.4 Å². The summed E-state index contributed by atoms with van der Waals surface area (Å²) in [5.41, 5.74) is 3.06. The molecular weight excluding hydrogens is 188 g/mol. The van der Waals surface area contributed by atoms with Crippen molar-refractivity contribution in [2.24, 2.45) is 0 Å². The lowest BCUT2D eigenvalue weighted by Crippen LogP contribution is -2.08. The van der Waals surface area contributed by atoms with E-state index < -0.39 is 0 Å². The van der Waals surface area contributed by atoms with E-state index in [2.05, 4.69) is 23.3 Å². The van der Waals surface area contributed by atoms with Gasteiger partial charge in [0.15, 0.2) is 11.5 Å². The molecule has 0 fully saturated rings. The van der Waals surface area contributed by atoms with Crippen LogP contribution < -0.4 is 5.32 Å². The van der Waals surface area contributed by atoms with Crippen LogP contribution in [-0.2, 0) is 6.42 Å². The fourth-order valence-corrected chi connectivity index (χ4v) is 1.60. The summed E-state index contributed by atoms with van der Waals surface area (Å²) in [5.74, 6) is 0.839. The van der Waals surface area contributed by atoms with Gasteiger partial charge in [-0.05, 0) is 44.6 Å². The molecule has 3 nitrogen and oxygen atoms in total. The summed E-state index contributed by atoms with van der Waals surface area (Å²) in [6, 6.07) is 6.10. The number of fused-ring (bicyclic) bond motifs is 1. The van der Waals surface area contributed by atoms with Crippen molar-refractivity contribution in [1.29, 1.82) is 0 Å². The fraction of sp³-hybridized carbons (Fsp3) is 0.417. The number of nitrogens with zero attached hydrogens (tertiary/aromatic N) is 1. The third-order valence-corrected chi connectivity index (χ3v) is 2.41. The van der Waals surface area contributed by atoms with Gasteiger partial charge in [0.25, 0.3) is 0 Å². The first-order valence-corrected chi connectivity index (χ1v) is 5.30. The van der Waals surface area contributed by atoms with Crippen LogP contribution in [-0.4, -0.2) is 18.6 Å². The molecule has 0 amide bonds. The van der Waals surface area contributed by atoms with E-state index in [-0.39, 0.29) is 0 Å². The van der Waals surface area contributed by atoms with Crippen molar-refractivity contribution in [3.05, 3.63) is 29.7 Å². The lowest BCUT2D eigenvalue weighted by atomic mass is 10.2. The number of aromatic nitrogens is 1. The molecule has 0 spiro atoms. The normalized spacial score (nSPS) is 11.1. The van der Waals surface area contributed by atoms with Crippen molar-refractivity contribution >= 4 is 11.1 Å². The highest BCUT2D eigenvalue weighted by Crippen LogP contribution is 2.17. The number of hydrogen-bond donors (Lipinski definition) is 1. The zero-order chi connectivity index (χ0) is 10.7. The van der Waals surface area contributed by atoms with Crippen molar-refractivity contribution in [3.63, 3.8) is 0 Å². The second-order valence-corrected chi connectivity index (χ2v) is 3.79. The minimum Gasteiger partial charge on any atom is -0.441 e. The monoisotopic (exact) mass is 204 g/mol. The zero-order valence-corrected chi connectivity index (χ0v) is 9.21. The van der Waals surface area contributed by atoms with Gasteiger partial charge in [0, 0.05) is 6.42 Å². The minimum absolute atomic E-state index is 0.839. The number of oxazole rings is 1. The van der Waals surface area contributed by atoms with Crippen LogP contribution in [0.3, 0.4) is 0 Å². The Morgan fingerprint density at radius 2 is 2.27 bits per heavy atom. The summed E-state index contributed by atoms with van der Waals surface area (Å²) >= 11 is 0. The van der Waals surface area contributed by atoms with Crippen LogP contribution in [0.5, 0.6) is 0 Å². The van der Waals surface area contributed by atoms with E-state index in [9.17, 15) is 0 Å². The van der Waals surface area contributed by atoms with Crippen LogP contribution in [0.15, 0.2) is 22.6 Å². The standard InChI is InChI=1S/C12H16N2O/c1-9-5-6-10-11(8-9)15-12(14-10)4-3-7-13-2/h5-6,8,13H,3-4,7H2,1-2H3. The molecule has 0 unspecified atom stereocenters. The Hall–Kier alpha value is -1.35. The van der Waals surface area contributed by atoms with Gasteiger partial charge < -0.3 is 9.73 Å². The molecule has 1 aromatic carbocycles. The average Bonchev–Trinajstić information content (AvgIpc) is 2.60. The van der Waals surface area contributed by atoms with Crippen molar-refractivity contribution in [3.8, 4) is 0 Å². The van der Waals surface area contributed by atoms with Crippen molar-refractivity contribution in [1.82, 2.24) is 10.3 Å². The van der Waals surface area contributed by atoms with Crippen LogP contribution in [0, 0.1) is 6.92 Å². The molecule has 2 aromatic rings. The van der Waals surface area contributed by atoms with Crippen LogP contribution in [0.1, 0.15) is 17.9 Å². The molecule has 1 aromatic heterocycles. The van der Waals surface area contributed by atoms with E-state index in [0.29, 0.717) is 0 Å². The molecule has 0 atom stereocenters. The topological polar surface area (TPSA) is 38.1 Å². The quantitative estimate of drug-likeness (QED) is 0.776. The Morgan fingerprint density at radius 3 is 3.07 bits per heavy atom. The minimum atomic E-state index is 0.839. The maximum Gasteiger partial charge on any atom is 0.195 e.